The molecule has 0 atom stereocenters. The van der Waals surface area contributed by atoms with Crippen molar-refractivity contribution in [1.82, 2.24) is 0 Å². The van der Waals surface area contributed by atoms with Crippen LogP contribution in [0, 0.1) is 0 Å². The normalized spacial score (nSPS) is 10.0. The summed E-state index contributed by atoms with van der Waals surface area (Å²) in [4.78, 5) is 34.2. The summed E-state index contributed by atoms with van der Waals surface area (Å²) in [7, 11) is 0. The molecule has 0 bridgehead atoms. The molecule has 2 rings (SSSR count). The molecule has 2 aromatic rings. The number of anilines is 1. The molecule has 0 saturated heterocycles. The van der Waals surface area contributed by atoms with Gasteiger partial charge in [0.1, 0.15) is 0 Å². The summed E-state index contributed by atoms with van der Waals surface area (Å²) in [5, 5.41) is 20.9. The van der Waals surface area contributed by atoms with Crippen molar-refractivity contribution in [3.05, 3.63) is 64.2 Å². The number of rotatable bonds is 4. The number of aromatic carboxylic acids is 2. The summed E-state index contributed by atoms with van der Waals surface area (Å²) in [5.74, 6) is -3.07. The fraction of sp³-hybridized carbons (Fsp3) is 0. The zero-order valence-corrected chi connectivity index (χ0v) is 11.8. The predicted molar refractivity (Wildman–Crippen MR) is 79.8 cm³/mol. The molecule has 0 saturated carbocycles. The number of carbonyl (C=O) groups is 3. The third-order valence-electron chi connectivity index (χ3n) is 2.85. The highest BCUT2D eigenvalue weighted by Gasteiger charge is 2.16. The first-order valence-electron chi connectivity index (χ1n) is 6.06. The molecule has 6 nitrogen and oxygen atoms in total. The van der Waals surface area contributed by atoms with Crippen LogP contribution >= 0.6 is 11.6 Å². The van der Waals surface area contributed by atoms with E-state index in [0.717, 1.165) is 18.2 Å². The van der Waals surface area contributed by atoms with Gasteiger partial charge in [0.2, 0.25) is 0 Å². The number of carboxylic acids is 2. The highest BCUT2D eigenvalue weighted by molar-refractivity contribution is 6.30. The Morgan fingerprint density at radius 2 is 1.45 bits per heavy atom. The first-order valence-corrected chi connectivity index (χ1v) is 6.44. The summed E-state index contributed by atoms with van der Waals surface area (Å²) in [6.45, 7) is 0. The molecular formula is C15H10ClNO5. The number of carboxylic acid groups (broad SMARTS) is 2. The standard InChI is InChI=1S/C15H10ClNO5/c16-10-4-1-8(2-5-10)13(18)17-12-7-9(14(19)20)3-6-11(12)15(21)22/h1-7H,(H,17,18)(H,19,20)(H,21,22). The number of halogens is 1. The number of hydrogen-bond donors (Lipinski definition) is 3. The lowest BCUT2D eigenvalue weighted by molar-refractivity contribution is 0.0682. The minimum absolute atomic E-state index is 0.0904. The van der Waals surface area contributed by atoms with Gasteiger partial charge in [-0.05, 0) is 42.5 Å². The van der Waals surface area contributed by atoms with Crippen molar-refractivity contribution >= 4 is 35.1 Å². The SMILES string of the molecule is O=C(O)c1ccc(C(=O)O)c(NC(=O)c2ccc(Cl)cc2)c1. The van der Waals surface area contributed by atoms with Gasteiger partial charge >= 0.3 is 11.9 Å². The first-order chi connectivity index (χ1) is 10.4. The molecule has 0 heterocycles. The van der Waals surface area contributed by atoms with Crippen molar-refractivity contribution in [2.45, 2.75) is 0 Å². The average molecular weight is 320 g/mol. The van der Waals surface area contributed by atoms with E-state index in [1.165, 1.54) is 24.3 Å². The second-order valence-corrected chi connectivity index (χ2v) is 4.77. The molecule has 0 aliphatic carbocycles. The topological polar surface area (TPSA) is 104 Å². The first kappa shape index (κ1) is 15.5. The van der Waals surface area contributed by atoms with Gasteiger partial charge in [-0.1, -0.05) is 11.6 Å². The van der Waals surface area contributed by atoms with Gasteiger partial charge in [-0.15, -0.1) is 0 Å². The van der Waals surface area contributed by atoms with Crippen LogP contribution in [0.4, 0.5) is 5.69 Å². The van der Waals surface area contributed by atoms with Crippen LogP contribution in [0.15, 0.2) is 42.5 Å². The largest absolute Gasteiger partial charge is 0.478 e. The Bertz CT molecular complexity index is 755. The Balaban J connectivity index is 2.36. The minimum atomic E-state index is -1.27. The Kier molecular flexibility index (Phi) is 4.43. The van der Waals surface area contributed by atoms with Gasteiger partial charge in [0, 0.05) is 10.6 Å². The van der Waals surface area contributed by atoms with Crippen LogP contribution in [0.25, 0.3) is 0 Å². The quantitative estimate of drug-likeness (QED) is 0.803. The van der Waals surface area contributed by atoms with Gasteiger partial charge in [0.25, 0.3) is 5.91 Å². The van der Waals surface area contributed by atoms with Crippen molar-refractivity contribution in [2.75, 3.05) is 5.32 Å². The van der Waals surface area contributed by atoms with Crippen LogP contribution in [0.1, 0.15) is 31.1 Å². The summed E-state index contributed by atoms with van der Waals surface area (Å²) in [6.07, 6.45) is 0. The summed E-state index contributed by atoms with van der Waals surface area (Å²) < 4.78 is 0. The summed E-state index contributed by atoms with van der Waals surface area (Å²) in [6, 6.07) is 9.36. The molecule has 1 amide bonds. The van der Waals surface area contributed by atoms with E-state index >= 15 is 0 Å². The van der Waals surface area contributed by atoms with Crippen LogP contribution in [0.2, 0.25) is 5.02 Å². The molecule has 22 heavy (non-hydrogen) atoms. The molecule has 0 aliphatic rings. The van der Waals surface area contributed by atoms with Crippen molar-refractivity contribution in [3.63, 3.8) is 0 Å². The van der Waals surface area contributed by atoms with Crippen LogP contribution in [-0.4, -0.2) is 28.1 Å². The third kappa shape index (κ3) is 3.42. The number of hydrogen-bond acceptors (Lipinski definition) is 3. The fourth-order valence-electron chi connectivity index (χ4n) is 1.76. The third-order valence-corrected chi connectivity index (χ3v) is 3.10. The van der Waals surface area contributed by atoms with Gasteiger partial charge in [0.15, 0.2) is 0 Å². The van der Waals surface area contributed by atoms with Crippen LogP contribution in [0.5, 0.6) is 0 Å². The van der Waals surface area contributed by atoms with E-state index in [2.05, 4.69) is 5.32 Å². The summed E-state index contributed by atoms with van der Waals surface area (Å²) >= 11 is 5.72. The smallest absolute Gasteiger partial charge is 0.337 e. The number of amides is 1. The van der Waals surface area contributed by atoms with Crippen molar-refractivity contribution < 1.29 is 24.6 Å². The van der Waals surface area contributed by atoms with Crippen molar-refractivity contribution in [1.29, 1.82) is 0 Å². The van der Waals surface area contributed by atoms with Gasteiger partial charge < -0.3 is 15.5 Å². The summed E-state index contributed by atoms with van der Waals surface area (Å²) in [5.41, 5.74) is -0.155. The Hall–Kier alpha value is -2.86. The van der Waals surface area contributed by atoms with Crippen LogP contribution < -0.4 is 5.32 Å². The van der Waals surface area contributed by atoms with E-state index in [1.54, 1.807) is 0 Å². The molecule has 2 aromatic carbocycles. The van der Waals surface area contributed by atoms with Gasteiger partial charge in [-0.3, -0.25) is 4.79 Å². The minimum Gasteiger partial charge on any atom is -0.478 e. The lowest BCUT2D eigenvalue weighted by Gasteiger charge is -2.09. The Morgan fingerprint density at radius 3 is 2.00 bits per heavy atom. The van der Waals surface area contributed by atoms with E-state index in [4.69, 9.17) is 21.8 Å². The van der Waals surface area contributed by atoms with E-state index in [-0.39, 0.29) is 22.4 Å². The van der Waals surface area contributed by atoms with Crippen LogP contribution in [-0.2, 0) is 0 Å². The van der Waals surface area contributed by atoms with Crippen LogP contribution in [0.3, 0.4) is 0 Å². The number of nitrogens with one attached hydrogen (secondary N) is 1. The fourth-order valence-corrected chi connectivity index (χ4v) is 1.89. The Labute approximate surface area is 130 Å². The maximum absolute atomic E-state index is 12.1. The second-order valence-electron chi connectivity index (χ2n) is 4.33. The predicted octanol–water partition coefficient (Wildman–Crippen LogP) is 2.99. The van der Waals surface area contributed by atoms with Crippen molar-refractivity contribution in [2.24, 2.45) is 0 Å². The van der Waals surface area contributed by atoms with Crippen molar-refractivity contribution in [3.8, 4) is 0 Å². The number of carbonyl (C=O) groups excluding carboxylic acids is 1. The molecule has 0 radical (unpaired) electrons. The zero-order chi connectivity index (χ0) is 16.3. The molecule has 0 fully saturated rings. The molecule has 3 N–H and O–H groups in total. The highest BCUT2D eigenvalue weighted by atomic mass is 35.5. The Morgan fingerprint density at radius 1 is 0.864 bits per heavy atom. The lowest BCUT2D eigenvalue weighted by Crippen LogP contribution is -2.15. The zero-order valence-electron chi connectivity index (χ0n) is 11.0. The van der Waals surface area contributed by atoms with E-state index in [1.807, 2.05) is 0 Å². The van der Waals surface area contributed by atoms with E-state index < -0.39 is 17.8 Å². The monoisotopic (exact) mass is 319 g/mol. The molecule has 0 aliphatic heterocycles. The molecule has 0 aromatic heterocycles. The highest BCUT2D eigenvalue weighted by Crippen LogP contribution is 2.20. The van der Waals surface area contributed by atoms with Gasteiger partial charge in [-0.2, -0.15) is 0 Å². The van der Waals surface area contributed by atoms with E-state index in [0.29, 0.717) is 5.02 Å². The van der Waals surface area contributed by atoms with Gasteiger partial charge in [-0.25, -0.2) is 9.59 Å². The maximum Gasteiger partial charge on any atom is 0.337 e. The van der Waals surface area contributed by atoms with E-state index in [9.17, 15) is 14.4 Å². The maximum atomic E-state index is 12.1. The molecule has 112 valence electrons. The molecular weight excluding hydrogens is 310 g/mol. The average Bonchev–Trinajstić information content (AvgIpc) is 2.47. The molecule has 7 heteroatoms. The molecule has 0 unspecified atom stereocenters. The number of benzene rings is 2. The lowest BCUT2D eigenvalue weighted by atomic mass is 10.1. The van der Waals surface area contributed by atoms with Gasteiger partial charge in [0.05, 0.1) is 16.8 Å². The second kappa shape index (κ2) is 6.28. The molecule has 0 spiro atoms.